The van der Waals surface area contributed by atoms with E-state index in [2.05, 4.69) is 15.4 Å². The molecule has 12 heteroatoms. The highest BCUT2D eigenvalue weighted by Gasteiger charge is 2.68. The van der Waals surface area contributed by atoms with E-state index in [1.54, 1.807) is 23.5 Å². The van der Waals surface area contributed by atoms with Crippen molar-refractivity contribution in [2.45, 2.75) is 68.1 Å². The first-order chi connectivity index (χ1) is 20.5. The third-order valence-electron chi connectivity index (χ3n) is 10.1. The predicted molar refractivity (Wildman–Crippen MR) is 165 cm³/mol. The highest BCUT2D eigenvalue weighted by molar-refractivity contribution is 7.91. The Labute approximate surface area is 253 Å². The average Bonchev–Trinajstić information content (AvgIpc) is 3.63. The maximum absolute atomic E-state index is 14.2. The number of hydrogen-bond donors (Lipinski definition) is 1. The minimum atomic E-state index is -3.99. The van der Waals surface area contributed by atoms with E-state index in [-0.39, 0.29) is 18.0 Å². The van der Waals surface area contributed by atoms with Crippen molar-refractivity contribution in [2.24, 2.45) is 0 Å². The van der Waals surface area contributed by atoms with Gasteiger partial charge in [0.1, 0.15) is 10.5 Å². The number of carbonyl (C=O) groups is 1. The predicted octanol–water partition coefficient (Wildman–Crippen LogP) is 4.18. The monoisotopic (exact) mass is 626 g/mol. The largest absolute Gasteiger partial charge is 0.497 e. The quantitative estimate of drug-likeness (QED) is 0.421. The SMILES string of the molecule is COc1ccc2c(c1)C1CC1(S(=O)(=O)N1CCC1)Cn1c-2c(C2CCCCC2)c2ccc(C(=O)NS(=O)(=O)N(C)C)cc21. The number of fused-ring (bicyclic) bond motifs is 7. The first-order valence-electron chi connectivity index (χ1n) is 15.1. The van der Waals surface area contributed by atoms with Gasteiger partial charge in [0, 0.05) is 61.7 Å². The summed E-state index contributed by atoms with van der Waals surface area (Å²) in [6.45, 7) is 1.35. The summed E-state index contributed by atoms with van der Waals surface area (Å²) < 4.78 is 64.9. The van der Waals surface area contributed by atoms with Gasteiger partial charge >= 0.3 is 10.2 Å². The Morgan fingerprint density at radius 1 is 1.00 bits per heavy atom. The summed E-state index contributed by atoms with van der Waals surface area (Å²) in [5.74, 6) is 0.102. The topological polar surface area (TPSA) is 118 Å². The zero-order valence-electron chi connectivity index (χ0n) is 24.8. The van der Waals surface area contributed by atoms with Crippen molar-refractivity contribution in [3.8, 4) is 17.0 Å². The van der Waals surface area contributed by atoms with Crippen LogP contribution in [-0.2, 0) is 26.8 Å². The van der Waals surface area contributed by atoms with Crippen LogP contribution in [0.1, 0.15) is 78.3 Å². The van der Waals surface area contributed by atoms with Gasteiger partial charge in [0.25, 0.3) is 5.91 Å². The Bertz CT molecular complexity index is 1860. The first kappa shape index (κ1) is 28.8. The molecule has 0 spiro atoms. The number of ether oxygens (including phenoxy) is 1. The molecule has 0 radical (unpaired) electrons. The van der Waals surface area contributed by atoms with Crippen molar-refractivity contribution in [3.05, 3.63) is 53.1 Å². The molecule has 2 aliphatic carbocycles. The van der Waals surface area contributed by atoms with E-state index in [0.29, 0.717) is 31.2 Å². The van der Waals surface area contributed by atoms with Crippen LogP contribution in [0.25, 0.3) is 22.2 Å². The van der Waals surface area contributed by atoms with Gasteiger partial charge in [0.2, 0.25) is 10.0 Å². The van der Waals surface area contributed by atoms with Gasteiger partial charge in [-0.2, -0.15) is 12.7 Å². The zero-order valence-corrected chi connectivity index (χ0v) is 26.4. The average molecular weight is 627 g/mol. The molecule has 2 atom stereocenters. The number of hydrogen-bond acceptors (Lipinski definition) is 6. The number of carbonyl (C=O) groups excluding carboxylic acids is 1. The number of nitrogens with one attached hydrogen (secondary N) is 1. The molecule has 2 saturated carbocycles. The standard InChI is InChI=1S/C31H38N4O6S2/c1-33(2)43(39,40)32-30(36)21-10-12-24-27(16-21)35-19-31(42(37,38)34-14-7-15-34)18-26(31)25-17-22(41-3)11-13-23(25)29(35)28(24)20-8-5-4-6-9-20/h10-13,16-17,20,26H,4-9,14-15,18-19H2,1-3H3,(H,32,36). The van der Waals surface area contributed by atoms with Crippen LogP contribution < -0.4 is 9.46 Å². The Kier molecular flexibility index (Phi) is 6.73. The van der Waals surface area contributed by atoms with Gasteiger partial charge in [-0.15, -0.1) is 0 Å². The zero-order chi connectivity index (χ0) is 30.3. The normalized spacial score (nSPS) is 24.0. The van der Waals surface area contributed by atoms with Crippen LogP contribution in [0.2, 0.25) is 0 Å². The third kappa shape index (κ3) is 4.35. The highest BCUT2D eigenvalue weighted by Crippen LogP contribution is 2.64. The van der Waals surface area contributed by atoms with Gasteiger partial charge in [0.15, 0.2) is 0 Å². The molecule has 1 saturated heterocycles. The molecule has 4 aliphatic rings. The summed E-state index contributed by atoms with van der Waals surface area (Å²) in [5.41, 5.74) is 5.20. The summed E-state index contributed by atoms with van der Waals surface area (Å²) in [7, 11) is -3.26. The van der Waals surface area contributed by atoms with Crippen molar-refractivity contribution in [3.63, 3.8) is 0 Å². The molecule has 43 heavy (non-hydrogen) atoms. The Morgan fingerprint density at radius 2 is 1.74 bits per heavy atom. The lowest BCUT2D eigenvalue weighted by molar-refractivity contribution is 0.0979. The number of benzene rings is 2. The second kappa shape index (κ2) is 10.0. The Morgan fingerprint density at radius 3 is 2.40 bits per heavy atom. The summed E-state index contributed by atoms with van der Waals surface area (Å²) in [6, 6.07) is 11.3. The molecule has 1 N–H and O–H groups in total. The van der Waals surface area contributed by atoms with Crippen LogP contribution in [0, 0.1) is 0 Å². The highest BCUT2D eigenvalue weighted by atomic mass is 32.2. The smallest absolute Gasteiger partial charge is 0.303 e. The molecule has 3 aromatic rings. The van der Waals surface area contributed by atoms with Crippen LogP contribution in [0.15, 0.2) is 36.4 Å². The van der Waals surface area contributed by atoms with E-state index in [1.807, 2.05) is 18.2 Å². The fraction of sp³-hybridized carbons (Fsp3) is 0.516. The molecule has 7 rings (SSSR count). The van der Waals surface area contributed by atoms with Crippen LogP contribution >= 0.6 is 0 Å². The summed E-state index contributed by atoms with van der Waals surface area (Å²) >= 11 is 0. The second-order valence-corrected chi connectivity index (χ2v) is 16.8. The maximum atomic E-state index is 14.2. The molecule has 10 nitrogen and oxygen atoms in total. The van der Waals surface area contributed by atoms with Crippen molar-refractivity contribution in [1.82, 2.24) is 17.9 Å². The number of amides is 1. The van der Waals surface area contributed by atoms with E-state index in [9.17, 15) is 21.6 Å². The number of nitrogens with zero attached hydrogens (tertiary/aromatic N) is 3. The van der Waals surface area contributed by atoms with Crippen LogP contribution in [0.4, 0.5) is 0 Å². The van der Waals surface area contributed by atoms with Gasteiger partial charge in [-0.3, -0.25) is 4.79 Å². The molecular formula is C31H38N4O6S2. The van der Waals surface area contributed by atoms with E-state index in [0.717, 1.165) is 64.1 Å². The van der Waals surface area contributed by atoms with Crippen molar-refractivity contribution in [2.75, 3.05) is 34.3 Å². The maximum Gasteiger partial charge on any atom is 0.303 e. The molecule has 1 aromatic heterocycles. The minimum Gasteiger partial charge on any atom is -0.497 e. The van der Waals surface area contributed by atoms with Gasteiger partial charge in [-0.1, -0.05) is 25.3 Å². The van der Waals surface area contributed by atoms with Crippen LogP contribution in [0.5, 0.6) is 5.75 Å². The van der Waals surface area contributed by atoms with Crippen molar-refractivity contribution < 1.29 is 26.4 Å². The lowest BCUT2D eigenvalue weighted by Crippen LogP contribution is -2.49. The summed E-state index contributed by atoms with van der Waals surface area (Å²) in [4.78, 5) is 13.2. The molecule has 2 unspecified atom stereocenters. The molecule has 3 fully saturated rings. The molecular weight excluding hydrogens is 588 g/mol. The summed E-state index contributed by atoms with van der Waals surface area (Å²) in [5, 5.41) is 0.992. The summed E-state index contributed by atoms with van der Waals surface area (Å²) in [6.07, 6.45) is 6.93. The second-order valence-electron chi connectivity index (χ2n) is 12.7. The van der Waals surface area contributed by atoms with Crippen molar-refractivity contribution >= 4 is 37.0 Å². The third-order valence-corrected chi connectivity index (χ3v) is 14.1. The van der Waals surface area contributed by atoms with E-state index < -0.39 is 30.9 Å². The lowest BCUT2D eigenvalue weighted by atomic mass is 9.81. The molecule has 0 bridgehead atoms. The lowest BCUT2D eigenvalue weighted by Gasteiger charge is -2.34. The van der Waals surface area contributed by atoms with Gasteiger partial charge in [-0.25, -0.2) is 17.4 Å². The van der Waals surface area contributed by atoms with Gasteiger partial charge < -0.3 is 9.30 Å². The van der Waals surface area contributed by atoms with Crippen LogP contribution in [-0.4, -0.2) is 75.0 Å². The molecule has 2 aliphatic heterocycles. The fourth-order valence-corrected chi connectivity index (χ4v) is 10.4. The minimum absolute atomic E-state index is 0.172. The molecule has 3 heterocycles. The van der Waals surface area contributed by atoms with Gasteiger partial charge in [0.05, 0.1) is 12.8 Å². The Balaban J connectivity index is 1.48. The number of methoxy groups -OCH3 is 1. The van der Waals surface area contributed by atoms with Crippen LogP contribution in [0.3, 0.4) is 0 Å². The van der Waals surface area contributed by atoms with E-state index in [4.69, 9.17) is 4.74 Å². The number of aromatic nitrogens is 1. The molecule has 1 amide bonds. The van der Waals surface area contributed by atoms with E-state index >= 15 is 0 Å². The fourth-order valence-electron chi connectivity index (χ4n) is 7.49. The number of sulfonamides is 1. The van der Waals surface area contributed by atoms with E-state index in [1.165, 1.54) is 26.1 Å². The molecule has 2 aromatic carbocycles. The van der Waals surface area contributed by atoms with Gasteiger partial charge in [-0.05, 0) is 73.1 Å². The first-order valence-corrected chi connectivity index (χ1v) is 18.0. The Hall–Kier alpha value is -2.93. The number of rotatable bonds is 7. The molecule has 230 valence electrons. The van der Waals surface area contributed by atoms with Crippen molar-refractivity contribution in [1.29, 1.82) is 0 Å².